The lowest BCUT2D eigenvalue weighted by molar-refractivity contribution is 0.187. The Morgan fingerprint density at radius 2 is 2.29 bits per heavy atom. The zero-order valence-corrected chi connectivity index (χ0v) is 9.73. The van der Waals surface area contributed by atoms with Crippen molar-refractivity contribution in [2.45, 2.75) is 38.6 Å². The summed E-state index contributed by atoms with van der Waals surface area (Å²) in [6.07, 6.45) is 3.04. The number of unbranched alkanes of at least 4 members (excludes halogenated alkanes) is 1. The lowest BCUT2D eigenvalue weighted by Crippen LogP contribution is -2.40. The Labute approximate surface area is 89.8 Å². The molecule has 0 saturated carbocycles. The van der Waals surface area contributed by atoms with E-state index < -0.39 is 5.54 Å². The molecule has 80 valence electrons. The highest BCUT2D eigenvalue weighted by molar-refractivity contribution is 7.10. The molecule has 0 aliphatic rings. The van der Waals surface area contributed by atoms with E-state index >= 15 is 0 Å². The molecule has 0 bridgehead atoms. The molecule has 0 spiro atoms. The summed E-state index contributed by atoms with van der Waals surface area (Å²) >= 11 is 1.65. The molecule has 3 N–H and O–H groups in total. The molecule has 1 aromatic heterocycles. The van der Waals surface area contributed by atoms with Crippen molar-refractivity contribution < 1.29 is 5.11 Å². The Hall–Kier alpha value is -0.380. The molecule has 1 heterocycles. The van der Waals surface area contributed by atoms with Crippen molar-refractivity contribution in [1.82, 2.24) is 0 Å². The lowest BCUT2D eigenvalue weighted by atomic mass is 9.91. The standard InChI is InChI=1S/C11H19NOS/c1-3-4-6-11(12,8-13)10-9(2)5-7-14-10/h5,7,13H,3-4,6,8,12H2,1-2H3. The van der Waals surface area contributed by atoms with Gasteiger partial charge in [-0.05, 0) is 30.4 Å². The van der Waals surface area contributed by atoms with Crippen molar-refractivity contribution >= 4 is 11.3 Å². The van der Waals surface area contributed by atoms with Gasteiger partial charge in [0.1, 0.15) is 0 Å². The highest BCUT2D eigenvalue weighted by atomic mass is 32.1. The maximum absolute atomic E-state index is 9.39. The summed E-state index contributed by atoms with van der Waals surface area (Å²) in [5.74, 6) is 0. The topological polar surface area (TPSA) is 46.2 Å². The summed E-state index contributed by atoms with van der Waals surface area (Å²) in [6, 6.07) is 2.06. The first-order valence-corrected chi connectivity index (χ1v) is 5.96. The van der Waals surface area contributed by atoms with Crippen LogP contribution in [-0.2, 0) is 5.54 Å². The summed E-state index contributed by atoms with van der Waals surface area (Å²) in [5, 5.41) is 11.4. The molecule has 1 atom stereocenters. The van der Waals surface area contributed by atoms with Crippen molar-refractivity contribution in [2.75, 3.05) is 6.61 Å². The SMILES string of the molecule is CCCCC(N)(CO)c1sccc1C. The van der Waals surface area contributed by atoms with Crippen molar-refractivity contribution in [1.29, 1.82) is 0 Å². The maximum atomic E-state index is 9.39. The molecule has 0 fully saturated rings. The Morgan fingerprint density at radius 3 is 2.71 bits per heavy atom. The summed E-state index contributed by atoms with van der Waals surface area (Å²) < 4.78 is 0. The van der Waals surface area contributed by atoms with E-state index in [4.69, 9.17) is 5.73 Å². The third-order valence-corrected chi connectivity index (χ3v) is 3.81. The van der Waals surface area contributed by atoms with Crippen LogP contribution in [0.2, 0.25) is 0 Å². The fourth-order valence-electron chi connectivity index (χ4n) is 1.64. The third kappa shape index (κ3) is 2.35. The minimum atomic E-state index is -0.520. The number of aliphatic hydroxyl groups is 1. The van der Waals surface area contributed by atoms with Crippen molar-refractivity contribution in [3.8, 4) is 0 Å². The molecule has 0 saturated heterocycles. The molecule has 0 radical (unpaired) electrons. The summed E-state index contributed by atoms with van der Waals surface area (Å²) in [4.78, 5) is 1.13. The van der Waals surface area contributed by atoms with Gasteiger partial charge in [0.25, 0.3) is 0 Å². The van der Waals surface area contributed by atoms with Crippen LogP contribution in [0.15, 0.2) is 11.4 Å². The van der Waals surface area contributed by atoms with E-state index in [9.17, 15) is 5.11 Å². The second kappa shape index (κ2) is 4.91. The number of thiophene rings is 1. The van der Waals surface area contributed by atoms with Gasteiger partial charge >= 0.3 is 0 Å². The van der Waals surface area contributed by atoms with Crippen LogP contribution in [0.1, 0.15) is 36.6 Å². The predicted molar refractivity (Wildman–Crippen MR) is 61.5 cm³/mol. The number of aliphatic hydroxyl groups excluding tert-OH is 1. The van der Waals surface area contributed by atoms with Crippen LogP contribution in [0, 0.1) is 6.92 Å². The molecule has 0 aliphatic carbocycles. The minimum absolute atomic E-state index is 0.0361. The van der Waals surface area contributed by atoms with E-state index in [0.717, 1.165) is 24.1 Å². The normalized spacial score (nSPS) is 15.4. The molecule has 0 aliphatic heterocycles. The molecule has 2 nitrogen and oxygen atoms in total. The first-order valence-electron chi connectivity index (χ1n) is 5.08. The van der Waals surface area contributed by atoms with Crippen molar-refractivity contribution in [3.63, 3.8) is 0 Å². The van der Waals surface area contributed by atoms with Crippen LogP contribution >= 0.6 is 11.3 Å². The number of nitrogens with two attached hydrogens (primary N) is 1. The first-order chi connectivity index (χ1) is 6.64. The molecule has 1 aromatic rings. The van der Waals surface area contributed by atoms with Crippen LogP contribution in [0.3, 0.4) is 0 Å². The first kappa shape index (κ1) is 11.7. The van der Waals surface area contributed by atoms with Gasteiger partial charge in [-0.15, -0.1) is 11.3 Å². The maximum Gasteiger partial charge on any atom is 0.0740 e. The van der Waals surface area contributed by atoms with E-state index in [-0.39, 0.29) is 6.61 Å². The minimum Gasteiger partial charge on any atom is -0.394 e. The lowest BCUT2D eigenvalue weighted by Gasteiger charge is -2.27. The van der Waals surface area contributed by atoms with Crippen LogP contribution < -0.4 is 5.73 Å². The Bertz CT molecular complexity index is 285. The van der Waals surface area contributed by atoms with E-state index in [0.29, 0.717) is 0 Å². The second-order valence-electron chi connectivity index (χ2n) is 3.85. The fraction of sp³-hybridized carbons (Fsp3) is 0.636. The highest BCUT2D eigenvalue weighted by Crippen LogP contribution is 2.31. The average Bonchev–Trinajstić information content (AvgIpc) is 2.61. The number of hydrogen-bond donors (Lipinski definition) is 2. The molecule has 14 heavy (non-hydrogen) atoms. The summed E-state index contributed by atoms with van der Waals surface area (Å²) in [6.45, 7) is 4.22. The van der Waals surface area contributed by atoms with Gasteiger partial charge in [0.05, 0.1) is 12.1 Å². The fourth-order valence-corrected chi connectivity index (χ4v) is 2.70. The van der Waals surface area contributed by atoms with Crippen molar-refractivity contribution in [3.05, 3.63) is 21.9 Å². The Kier molecular flexibility index (Phi) is 4.11. The average molecular weight is 213 g/mol. The van der Waals surface area contributed by atoms with E-state index in [1.165, 1.54) is 5.56 Å². The molecular weight excluding hydrogens is 194 g/mol. The van der Waals surface area contributed by atoms with Crippen LogP contribution in [0.5, 0.6) is 0 Å². The molecule has 0 amide bonds. The number of rotatable bonds is 5. The zero-order chi connectivity index (χ0) is 10.6. The number of hydrogen-bond acceptors (Lipinski definition) is 3. The van der Waals surface area contributed by atoms with Crippen LogP contribution in [0.4, 0.5) is 0 Å². The highest BCUT2D eigenvalue weighted by Gasteiger charge is 2.28. The predicted octanol–water partition coefficient (Wildman–Crippen LogP) is 2.39. The van der Waals surface area contributed by atoms with E-state index in [1.54, 1.807) is 11.3 Å². The molecule has 1 unspecified atom stereocenters. The molecular formula is C11H19NOS. The second-order valence-corrected chi connectivity index (χ2v) is 4.77. The monoisotopic (exact) mass is 213 g/mol. The van der Waals surface area contributed by atoms with Crippen LogP contribution in [0.25, 0.3) is 0 Å². The van der Waals surface area contributed by atoms with Crippen molar-refractivity contribution in [2.24, 2.45) is 5.73 Å². The van der Waals surface area contributed by atoms with Gasteiger partial charge in [-0.2, -0.15) is 0 Å². The molecule has 3 heteroatoms. The summed E-state index contributed by atoms with van der Waals surface area (Å²) in [7, 11) is 0. The number of aryl methyl sites for hydroxylation is 1. The molecule has 0 aromatic carbocycles. The Morgan fingerprint density at radius 1 is 1.57 bits per heavy atom. The van der Waals surface area contributed by atoms with Gasteiger partial charge in [0.15, 0.2) is 0 Å². The summed E-state index contributed by atoms with van der Waals surface area (Å²) in [5.41, 5.74) is 6.89. The van der Waals surface area contributed by atoms with Gasteiger partial charge in [-0.1, -0.05) is 19.8 Å². The third-order valence-electron chi connectivity index (χ3n) is 2.57. The largest absolute Gasteiger partial charge is 0.394 e. The van der Waals surface area contributed by atoms with E-state index in [2.05, 4.69) is 19.9 Å². The van der Waals surface area contributed by atoms with Crippen LogP contribution in [-0.4, -0.2) is 11.7 Å². The van der Waals surface area contributed by atoms with Gasteiger partial charge in [0, 0.05) is 4.88 Å². The molecule has 1 rings (SSSR count). The van der Waals surface area contributed by atoms with Gasteiger partial charge in [-0.25, -0.2) is 0 Å². The van der Waals surface area contributed by atoms with Gasteiger partial charge < -0.3 is 10.8 Å². The van der Waals surface area contributed by atoms with Gasteiger partial charge in [-0.3, -0.25) is 0 Å². The van der Waals surface area contributed by atoms with Gasteiger partial charge in [0.2, 0.25) is 0 Å². The zero-order valence-electron chi connectivity index (χ0n) is 8.92. The Balaban J connectivity index is 2.84. The quantitative estimate of drug-likeness (QED) is 0.789. The smallest absolute Gasteiger partial charge is 0.0740 e. The van der Waals surface area contributed by atoms with E-state index in [1.807, 2.05) is 5.38 Å².